The topological polar surface area (TPSA) is 82.8 Å². The van der Waals surface area contributed by atoms with Crippen molar-refractivity contribution in [3.05, 3.63) is 40.8 Å². The summed E-state index contributed by atoms with van der Waals surface area (Å²) in [5.41, 5.74) is 0.804. The number of benzene rings is 1. The highest BCUT2D eigenvalue weighted by Crippen LogP contribution is 2.34. The Morgan fingerprint density at radius 1 is 1.29 bits per heavy atom. The first-order valence-corrected chi connectivity index (χ1v) is 7.78. The number of hydrogen-bond acceptors (Lipinski definition) is 6. The third kappa shape index (κ3) is 3.15. The second kappa shape index (κ2) is 7.72. The van der Waals surface area contributed by atoms with E-state index in [0.717, 1.165) is 18.7 Å². The van der Waals surface area contributed by atoms with Crippen molar-refractivity contribution in [2.75, 3.05) is 14.2 Å². The maximum atomic E-state index is 11.9. The molecule has 0 saturated carbocycles. The van der Waals surface area contributed by atoms with Crippen LogP contribution in [-0.4, -0.2) is 29.7 Å². The van der Waals surface area contributed by atoms with Gasteiger partial charge in [-0.15, -0.1) is 4.91 Å². The Labute approximate surface area is 140 Å². The lowest BCUT2D eigenvalue weighted by atomic mass is 10.0. The molecule has 0 aliphatic rings. The number of hydrogen-bond donors (Lipinski definition) is 0. The molecule has 24 heavy (non-hydrogen) atoms. The number of esters is 1. The van der Waals surface area contributed by atoms with Crippen molar-refractivity contribution in [1.29, 1.82) is 0 Å². The summed E-state index contributed by atoms with van der Waals surface area (Å²) in [4.78, 5) is 27.6. The van der Waals surface area contributed by atoms with E-state index < -0.39 is 5.97 Å². The average Bonchev–Trinajstić information content (AvgIpc) is 3.10. The Balaban J connectivity index is 2.65. The summed E-state index contributed by atoms with van der Waals surface area (Å²) in [7, 11) is 2.72. The summed E-state index contributed by atoms with van der Waals surface area (Å²) in [6, 6.07) is 2.99. The SMILES string of the molecule is CCC(CC)c1nccn1-c1cc(OC)c(C(=O)OC)cc1N=O. The van der Waals surface area contributed by atoms with E-state index in [1.165, 1.54) is 20.3 Å². The number of methoxy groups -OCH3 is 2. The zero-order valence-electron chi connectivity index (χ0n) is 14.3. The first-order valence-electron chi connectivity index (χ1n) is 7.78. The number of aromatic nitrogens is 2. The van der Waals surface area contributed by atoms with Gasteiger partial charge in [0.15, 0.2) is 0 Å². The lowest BCUT2D eigenvalue weighted by Gasteiger charge is -2.17. The van der Waals surface area contributed by atoms with Gasteiger partial charge in [-0.3, -0.25) is 0 Å². The van der Waals surface area contributed by atoms with Crippen LogP contribution in [0.3, 0.4) is 0 Å². The number of imidazole rings is 1. The lowest BCUT2D eigenvalue weighted by Crippen LogP contribution is -2.09. The normalized spacial score (nSPS) is 10.7. The van der Waals surface area contributed by atoms with Crippen LogP contribution in [-0.2, 0) is 4.74 Å². The van der Waals surface area contributed by atoms with Crippen molar-refractivity contribution < 1.29 is 14.3 Å². The van der Waals surface area contributed by atoms with Crippen LogP contribution in [0.2, 0.25) is 0 Å². The van der Waals surface area contributed by atoms with Gasteiger partial charge >= 0.3 is 5.97 Å². The number of carbonyl (C=O) groups excluding carboxylic acids is 1. The van der Waals surface area contributed by atoms with Crippen molar-refractivity contribution in [2.45, 2.75) is 32.6 Å². The molecule has 128 valence electrons. The molecule has 0 fully saturated rings. The van der Waals surface area contributed by atoms with E-state index in [1.54, 1.807) is 18.5 Å². The summed E-state index contributed by atoms with van der Waals surface area (Å²) in [6.45, 7) is 4.18. The summed E-state index contributed by atoms with van der Waals surface area (Å²) >= 11 is 0. The van der Waals surface area contributed by atoms with Crippen LogP contribution in [0.1, 0.15) is 48.8 Å². The molecule has 0 atom stereocenters. The third-order valence-corrected chi connectivity index (χ3v) is 4.08. The van der Waals surface area contributed by atoms with Gasteiger partial charge in [-0.1, -0.05) is 13.8 Å². The summed E-state index contributed by atoms with van der Waals surface area (Å²) < 4.78 is 11.8. The average molecular weight is 331 g/mol. The zero-order valence-corrected chi connectivity index (χ0v) is 14.3. The fourth-order valence-electron chi connectivity index (χ4n) is 2.74. The largest absolute Gasteiger partial charge is 0.496 e. The molecule has 1 heterocycles. The zero-order chi connectivity index (χ0) is 17.7. The van der Waals surface area contributed by atoms with Crippen LogP contribution < -0.4 is 4.74 Å². The van der Waals surface area contributed by atoms with Crippen LogP contribution in [0.15, 0.2) is 29.7 Å². The number of ether oxygens (including phenoxy) is 2. The highest BCUT2D eigenvalue weighted by Gasteiger charge is 2.21. The number of nitroso groups, excluding NO2 is 1. The van der Waals surface area contributed by atoms with E-state index in [2.05, 4.69) is 24.0 Å². The monoisotopic (exact) mass is 331 g/mol. The lowest BCUT2D eigenvalue weighted by molar-refractivity contribution is 0.0597. The minimum absolute atomic E-state index is 0.126. The highest BCUT2D eigenvalue weighted by atomic mass is 16.5. The molecule has 0 saturated heterocycles. The predicted octanol–water partition coefficient (Wildman–Crippen LogP) is 3.97. The van der Waals surface area contributed by atoms with Gasteiger partial charge in [0.1, 0.15) is 22.8 Å². The predicted molar refractivity (Wildman–Crippen MR) is 90.2 cm³/mol. The fourth-order valence-corrected chi connectivity index (χ4v) is 2.74. The van der Waals surface area contributed by atoms with Gasteiger partial charge in [-0.25, -0.2) is 9.78 Å². The smallest absolute Gasteiger partial charge is 0.341 e. The second-order valence-electron chi connectivity index (χ2n) is 5.29. The van der Waals surface area contributed by atoms with E-state index >= 15 is 0 Å². The van der Waals surface area contributed by atoms with Gasteiger partial charge in [0.05, 0.1) is 19.9 Å². The Morgan fingerprint density at radius 3 is 2.54 bits per heavy atom. The molecule has 0 bridgehead atoms. The Morgan fingerprint density at radius 2 is 2.00 bits per heavy atom. The standard InChI is InChI=1S/C17H21N3O4/c1-5-11(6-2)16-18-7-8-20(16)14-10-15(23-3)12(17(21)24-4)9-13(14)19-22/h7-11H,5-6H2,1-4H3. The third-order valence-electron chi connectivity index (χ3n) is 4.08. The van der Waals surface area contributed by atoms with Crippen molar-refractivity contribution in [2.24, 2.45) is 5.18 Å². The highest BCUT2D eigenvalue weighted by molar-refractivity contribution is 5.94. The maximum Gasteiger partial charge on any atom is 0.341 e. The quantitative estimate of drug-likeness (QED) is 0.566. The molecule has 1 aromatic carbocycles. The van der Waals surface area contributed by atoms with Gasteiger partial charge in [-0.05, 0) is 24.1 Å². The van der Waals surface area contributed by atoms with Crippen molar-refractivity contribution in [3.63, 3.8) is 0 Å². The summed E-state index contributed by atoms with van der Waals surface area (Å²) in [5.74, 6) is 0.825. The first-order chi connectivity index (χ1) is 11.6. The van der Waals surface area contributed by atoms with Crippen LogP contribution in [0.4, 0.5) is 5.69 Å². The van der Waals surface area contributed by atoms with Crippen LogP contribution in [0, 0.1) is 4.91 Å². The maximum absolute atomic E-state index is 11.9. The molecule has 0 aliphatic carbocycles. The molecule has 0 spiro atoms. The Bertz CT molecular complexity index is 735. The van der Waals surface area contributed by atoms with Gasteiger partial charge < -0.3 is 14.0 Å². The molecule has 7 heteroatoms. The summed E-state index contributed by atoms with van der Waals surface area (Å²) in [6.07, 6.45) is 5.31. The van der Waals surface area contributed by atoms with Crippen molar-refractivity contribution in [3.8, 4) is 11.4 Å². The van der Waals surface area contributed by atoms with E-state index in [0.29, 0.717) is 11.4 Å². The molecule has 2 rings (SSSR count). The Kier molecular flexibility index (Phi) is 5.68. The fraction of sp³-hybridized carbons (Fsp3) is 0.412. The molecular weight excluding hydrogens is 310 g/mol. The van der Waals surface area contributed by atoms with Crippen LogP contribution >= 0.6 is 0 Å². The molecule has 2 aromatic rings. The number of rotatable bonds is 7. The minimum Gasteiger partial charge on any atom is -0.496 e. The molecule has 0 aliphatic heterocycles. The molecule has 0 amide bonds. The molecular formula is C17H21N3O4. The summed E-state index contributed by atoms with van der Waals surface area (Å²) in [5, 5.41) is 3.07. The van der Waals surface area contributed by atoms with E-state index in [9.17, 15) is 9.70 Å². The van der Waals surface area contributed by atoms with E-state index in [1.807, 2.05) is 4.57 Å². The molecule has 0 radical (unpaired) electrons. The molecule has 7 nitrogen and oxygen atoms in total. The molecule has 1 aromatic heterocycles. The molecule has 0 unspecified atom stereocenters. The van der Waals surface area contributed by atoms with Crippen molar-refractivity contribution >= 4 is 11.7 Å². The van der Waals surface area contributed by atoms with E-state index in [-0.39, 0.29) is 17.2 Å². The van der Waals surface area contributed by atoms with Gasteiger partial charge in [0, 0.05) is 24.4 Å². The van der Waals surface area contributed by atoms with Crippen molar-refractivity contribution in [1.82, 2.24) is 9.55 Å². The first kappa shape index (κ1) is 17.7. The number of carbonyl (C=O) groups is 1. The van der Waals surface area contributed by atoms with Gasteiger partial charge in [-0.2, -0.15) is 0 Å². The second-order valence-corrected chi connectivity index (χ2v) is 5.29. The molecule has 0 N–H and O–H groups in total. The van der Waals surface area contributed by atoms with Crippen LogP contribution in [0.25, 0.3) is 5.69 Å². The Hall–Kier alpha value is -2.70. The van der Waals surface area contributed by atoms with E-state index in [4.69, 9.17) is 9.47 Å². The van der Waals surface area contributed by atoms with Crippen LogP contribution in [0.5, 0.6) is 5.75 Å². The minimum atomic E-state index is -0.589. The number of nitrogens with zero attached hydrogens (tertiary/aromatic N) is 3. The van der Waals surface area contributed by atoms with Gasteiger partial charge in [0.2, 0.25) is 0 Å². The van der Waals surface area contributed by atoms with Gasteiger partial charge in [0.25, 0.3) is 0 Å².